The number of fused-ring (bicyclic) bond motifs is 3. The molecular weight excluding hydrogens is 208 g/mol. The van der Waals surface area contributed by atoms with Gasteiger partial charge < -0.3 is 9.88 Å². The van der Waals surface area contributed by atoms with E-state index in [2.05, 4.69) is 55.9 Å². The van der Waals surface area contributed by atoms with Crippen molar-refractivity contribution in [2.75, 3.05) is 0 Å². The van der Waals surface area contributed by atoms with E-state index in [1.165, 1.54) is 27.7 Å². The summed E-state index contributed by atoms with van der Waals surface area (Å²) in [6, 6.07) is 6.77. The molecule has 0 fully saturated rings. The SMILES string of the molecule is Cc1ccc2c3c(n(C)c2c1)CC(C)(C)NC3. The Labute approximate surface area is 103 Å². The van der Waals surface area contributed by atoms with E-state index in [1.54, 1.807) is 0 Å². The van der Waals surface area contributed by atoms with Gasteiger partial charge in [0.25, 0.3) is 0 Å². The van der Waals surface area contributed by atoms with E-state index in [4.69, 9.17) is 0 Å². The Balaban J connectivity index is 2.28. The van der Waals surface area contributed by atoms with Crippen LogP contribution in [-0.4, -0.2) is 10.1 Å². The van der Waals surface area contributed by atoms with Gasteiger partial charge in [-0.25, -0.2) is 0 Å². The first-order chi connectivity index (χ1) is 7.98. The number of hydrogen-bond donors (Lipinski definition) is 1. The predicted octanol–water partition coefficient (Wildman–Crippen LogP) is 2.91. The van der Waals surface area contributed by atoms with E-state index in [-0.39, 0.29) is 5.54 Å². The van der Waals surface area contributed by atoms with Gasteiger partial charge in [-0.05, 0) is 38.0 Å². The second-order valence-electron chi connectivity index (χ2n) is 5.92. The van der Waals surface area contributed by atoms with Crippen molar-refractivity contribution in [1.82, 2.24) is 9.88 Å². The minimum Gasteiger partial charge on any atom is -0.347 e. The second kappa shape index (κ2) is 3.36. The van der Waals surface area contributed by atoms with Crippen molar-refractivity contribution in [3.05, 3.63) is 35.0 Å². The molecule has 1 aliphatic rings. The van der Waals surface area contributed by atoms with Crippen LogP contribution in [-0.2, 0) is 20.0 Å². The third kappa shape index (κ3) is 1.59. The van der Waals surface area contributed by atoms with Gasteiger partial charge >= 0.3 is 0 Å². The van der Waals surface area contributed by atoms with Crippen molar-refractivity contribution in [1.29, 1.82) is 0 Å². The molecule has 0 saturated carbocycles. The number of aryl methyl sites for hydroxylation is 2. The fraction of sp³-hybridized carbons (Fsp3) is 0.467. The van der Waals surface area contributed by atoms with E-state index in [0.29, 0.717) is 0 Å². The molecule has 1 N–H and O–H groups in total. The van der Waals surface area contributed by atoms with Crippen LogP contribution in [0.4, 0.5) is 0 Å². The minimum absolute atomic E-state index is 0.212. The molecule has 1 aromatic heterocycles. The van der Waals surface area contributed by atoms with E-state index in [9.17, 15) is 0 Å². The largest absolute Gasteiger partial charge is 0.347 e. The molecule has 0 bridgehead atoms. The van der Waals surface area contributed by atoms with Gasteiger partial charge in [0, 0.05) is 42.1 Å². The molecule has 0 amide bonds. The maximum absolute atomic E-state index is 3.62. The van der Waals surface area contributed by atoms with Gasteiger partial charge in [0.2, 0.25) is 0 Å². The highest BCUT2D eigenvalue weighted by Crippen LogP contribution is 2.32. The topological polar surface area (TPSA) is 17.0 Å². The van der Waals surface area contributed by atoms with Crippen LogP contribution in [0.5, 0.6) is 0 Å². The lowest BCUT2D eigenvalue weighted by Gasteiger charge is -2.32. The summed E-state index contributed by atoms with van der Waals surface area (Å²) in [5, 5.41) is 5.03. The molecule has 1 aromatic carbocycles. The van der Waals surface area contributed by atoms with Crippen LogP contribution in [0.25, 0.3) is 10.9 Å². The molecule has 0 saturated heterocycles. The molecule has 0 unspecified atom stereocenters. The molecule has 0 spiro atoms. The maximum Gasteiger partial charge on any atom is 0.0485 e. The quantitative estimate of drug-likeness (QED) is 0.733. The normalized spacial score (nSPS) is 18.4. The maximum atomic E-state index is 3.62. The minimum atomic E-state index is 0.212. The fourth-order valence-electron chi connectivity index (χ4n) is 2.91. The van der Waals surface area contributed by atoms with Crippen molar-refractivity contribution in [2.24, 2.45) is 7.05 Å². The summed E-state index contributed by atoms with van der Waals surface area (Å²) in [5.41, 5.74) is 5.90. The molecule has 17 heavy (non-hydrogen) atoms. The van der Waals surface area contributed by atoms with E-state index in [1.807, 2.05) is 0 Å². The zero-order valence-corrected chi connectivity index (χ0v) is 11.1. The second-order valence-corrected chi connectivity index (χ2v) is 5.92. The van der Waals surface area contributed by atoms with Crippen LogP contribution in [0.15, 0.2) is 18.2 Å². The smallest absolute Gasteiger partial charge is 0.0485 e. The Morgan fingerprint density at radius 3 is 2.82 bits per heavy atom. The summed E-state index contributed by atoms with van der Waals surface area (Å²) in [5.74, 6) is 0. The summed E-state index contributed by atoms with van der Waals surface area (Å²) in [7, 11) is 2.20. The van der Waals surface area contributed by atoms with Crippen LogP contribution in [0.1, 0.15) is 30.7 Å². The molecule has 0 radical (unpaired) electrons. The Morgan fingerprint density at radius 2 is 2.06 bits per heavy atom. The predicted molar refractivity (Wildman–Crippen MR) is 72.3 cm³/mol. The van der Waals surface area contributed by atoms with Gasteiger partial charge in [-0.2, -0.15) is 0 Å². The molecule has 3 rings (SSSR count). The zero-order chi connectivity index (χ0) is 12.2. The van der Waals surface area contributed by atoms with E-state index < -0.39 is 0 Å². The van der Waals surface area contributed by atoms with Gasteiger partial charge in [0.05, 0.1) is 0 Å². The highest BCUT2D eigenvalue weighted by Gasteiger charge is 2.28. The average Bonchev–Trinajstić information content (AvgIpc) is 2.51. The van der Waals surface area contributed by atoms with Gasteiger partial charge in [-0.3, -0.25) is 0 Å². The standard InChI is InChI=1S/C15H20N2/c1-10-5-6-11-12-9-16-15(2,3)8-14(12)17(4)13(11)7-10/h5-7,16H,8-9H2,1-4H3. The third-order valence-electron chi connectivity index (χ3n) is 3.95. The number of nitrogens with one attached hydrogen (secondary N) is 1. The van der Waals surface area contributed by atoms with Gasteiger partial charge in [0.15, 0.2) is 0 Å². The molecule has 90 valence electrons. The lowest BCUT2D eigenvalue weighted by Crippen LogP contribution is -2.44. The van der Waals surface area contributed by atoms with Crippen molar-refractivity contribution < 1.29 is 0 Å². The molecule has 0 aliphatic carbocycles. The molecular formula is C15H20N2. The molecule has 2 heteroatoms. The Morgan fingerprint density at radius 1 is 1.29 bits per heavy atom. The van der Waals surface area contributed by atoms with Gasteiger partial charge in [-0.1, -0.05) is 12.1 Å². The van der Waals surface area contributed by atoms with E-state index in [0.717, 1.165) is 13.0 Å². The Hall–Kier alpha value is -1.28. The molecule has 2 heterocycles. The number of rotatable bonds is 0. The first-order valence-corrected chi connectivity index (χ1v) is 6.30. The first-order valence-electron chi connectivity index (χ1n) is 6.30. The molecule has 2 aromatic rings. The highest BCUT2D eigenvalue weighted by atomic mass is 15.0. The van der Waals surface area contributed by atoms with Gasteiger partial charge in [-0.15, -0.1) is 0 Å². The van der Waals surface area contributed by atoms with Crippen LogP contribution >= 0.6 is 0 Å². The summed E-state index contributed by atoms with van der Waals surface area (Å²) in [4.78, 5) is 0. The average molecular weight is 228 g/mol. The summed E-state index contributed by atoms with van der Waals surface area (Å²) in [6.45, 7) is 7.70. The van der Waals surface area contributed by atoms with Crippen molar-refractivity contribution in [2.45, 2.75) is 39.3 Å². The summed E-state index contributed by atoms with van der Waals surface area (Å²) >= 11 is 0. The van der Waals surface area contributed by atoms with Crippen molar-refractivity contribution >= 4 is 10.9 Å². The Kier molecular flexibility index (Phi) is 2.14. The number of hydrogen-bond acceptors (Lipinski definition) is 1. The molecule has 1 aliphatic heterocycles. The van der Waals surface area contributed by atoms with Crippen molar-refractivity contribution in [3.63, 3.8) is 0 Å². The van der Waals surface area contributed by atoms with Gasteiger partial charge in [0.1, 0.15) is 0 Å². The lowest BCUT2D eigenvalue weighted by atomic mass is 9.91. The summed E-state index contributed by atoms with van der Waals surface area (Å²) in [6.07, 6.45) is 1.10. The fourth-order valence-corrected chi connectivity index (χ4v) is 2.91. The Bertz CT molecular complexity index is 590. The zero-order valence-electron chi connectivity index (χ0n) is 11.1. The number of benzene rings is 1. The number of nitrogens with zero attached hydrogens (tertiary/aromatic N) is 1. The molecule has 2 nitrogen and oxygen atoms in total. The highest BCUT2D eigenvalue weighted by molar-refractivity contribution is 5.86. The van der Waals surface area contributed by atoms with Crippen LogP contribution in [0.3, 0.4) is 0 Å². The van der Waals surface area contributed by atoms with Crippen molar-refractivity contribution in [3.8, 4) is 0 Å². The lowest BCUT2D eigenvalue weighted by molar-refractivity contribution is 0.356. The van der Waals surface area contributed by atoms with Crippen LogP contribution in [0.2, 0.25) is 0 Å². The van der Waals surface area contributed by atoms with Crippen LogP contribution < -0.4 is 5.32 Å². The van der Waals surface area contributed by atoms with Crippen LogP contribution in [0, 0.1) is 6.92 Å². The van der Waals surface area contributed by atoms with E-state index >= 15 is 0 Å². The monoisotopic (exact) mass is 228 g/mol. The summed E-state index contributed by atoms with van der Waals surface area (Å²) < 4.78 is 2.38. The first kappa shape index (κ1) is 10.8. The number of aromatic nitrogens is 1. The third-order valence-corrected chi connectivity index (χ3v) is 3.95. The molecule has 0 atom stereocenters.